The molecule has 0 bridgehead atoms. The molecule has 1 aliphatic heterocycles. The Hall–Kier alpha value is -0.0200. The van der Waals surface area contributed by atoms with Gasteiger partial charge in [-0.05, 0) is 17.7 Å². The number of halogens is 4. The average molecular weight is 402 g/mol. The minimum atomic E-state index is 0. The van der Waals surface area contributed by atoms with Crippen LogP contribution in [0.25, 0.3) is 0 Å². The number of nitriles is 1. The summed E-state index contributed by atoms with van der Waals surface area (Å²) in [4.78, 5) is 2.35. The third-order valence-corrected chi connectivity index (χ3v) is 4.12. The summed E-state index contributed by atoms with van der Waals surface area (Å²) in [5.41, 5.74) is 1.14. The molecule has 0 aliphatic carbocycles. The van der Waals surface area contributed by atoms with Gasteiger partial charge in [-0.15, -0.1) is 24.8 Å². The Bertz CT molecular complexity index is 459. The molecule has 2 rings (SSSR count). The van der Waals surface area contributed by atoms with Crippen molar-refractivity contribution in [2.75, 3.05) is 26.2 Å². The summed E-state index contributed by atoms with van der Waals surface area (Å²) in [7, 11) is 0. The number of piperazine rings is 1. The van der Waals surface area contributed by atoms with E-state index in [1.54, 1.807) is 0 Å². The Kier molecular flexibility index (Phi) is 9.82. The highest BCUT2D eigenvalue weighted by Crippen LogP contribution is 2.32. The van der Waals surface area contributed by atoms with E-state index in [9.17, 15) is 0 Å². The molecular weight excluding hydrogens is 384 g/mol. The van der Waals surface area contributed by atoms with Crippen molar-refractivity contribution in [1.29, 1.82) is 5.26 Å². The monoisotopic (exact) mass is 399 g/mol. The lowest BCUT2D eigenvalue weighted by molar-refractivity contribution is 0.175. The molecule has 0 spiro atoms. The lowest BCUT2D eigenvalue weighted by Gasteiger charge is -2.34. The lowest BCUT2D eigenvalue weighted by Crippen LogP contribution is -2.45. The third kappa shape index (κ3) is 5.07. The van der Waals surface area contributed by atoms with Crippen LogP contribution in [0.3, 0.4) is 0 Å². The van der Waals surface area contributed by atoms with Gasteiger partial charge in [-0.1, -0.05) is 33.6 Å². The summed E-state index contributed by atoms with van der Waals surface area (Å²) in [6.45, 7) is 3.91. The van der Waals surface area contributed by atoms with Gasteiger partial charge in [0.05, 0.1) is 12.5 Å². The Balaban J connectivity index is 0.00000180. The number of benzene rings is 1. The molecule has 1 fully saturated rings. The molecule has 1 N–H and O–H groups in total. The first-order valence-electron chi connectivity index (χ1n) is 5.99. The molecule has 0 saturated carbocycles. The molecule has 1 aliphatic rings. The largest absolute Gasteiger partial charge is 0.314 e. The van der Waals surface area contributed by atoms with Crippen LogP contribution in [0.2, 0.25) is 5.02 Å². The molecule has 1 aromatic rings. The van der Waals surface area contributed by atoms with Crippen molar-refractivity contribution < 1.29 is 0 Å². The molecule has 112 valence electrons. The van der Waals surface area contributed by atoms with Gasteiger partial charge in [0.2, 0.25) is 0 Å². The smallest absolute Gasteiger partial charge is 0.0641 e. The van der Waals surface area contributed by atoms with Gasteiger partial charge in [0.1, 0.15) is 0 Å². The van der Waals surface area contributed by atoms with E-state index >= 15 is 0 Å². The standard InChI is InChI=1S/C13H15BrClN3.2ClH/c14-12-9-10(15)1-2-11(12)13(3-4-16)18-7-5-17-6-8-18;;/h1-2,9,13,17H,3,5-8H2;2*1H/t13-;;/m1../s1. The second-order valence-electron chi connectivity index (χ2n) is 4.33. The Morgan fingerprint density at radius 2 is 2.00 bits per heavy atom. The Labute approximate surface area is 145 Å². The van der Waals surface area contributed by atoms with Crippen molar-refractivity contribution in [1.82, 2.24) is 10.2 Å². The summed E-state index contributed by atoms with van der Waals surface area (Å²) in [6, 6.07) is 8.22. The zero-order valence-corrected chi connectivity index (χ0v) is 14.8. The molecule has 3 nitrogen and oxygen atoms in total. The molecule has 0 unspecified atom stereocenters. The van der Waals surface area contributed by atoms with Crippen molar-refractivity contribution in [3.63, 3.8) is 0 Å². The molecule has 1 heterocycles. The van der Waals surface area contributed by atoms with Gasteiger partial charge in [-0.3, -0.25) is 4.90 Å². The van der Waals surface area contributed by atoms with Gasteiger partial charge in [0.15, 0.2) is 0 Å². The lowest BCUT2D eigenvalue weighted by atomic mass is 10.0. The fraction of sp³-hybridized carbons (Fsp3) is 0.462. The predicted molar refractivity (Wildman–Crippen MR) is 91.1 cm³/mol. The number of hydrogen-bond donors (Lipinski definition) is 1. The summed E-state index contributed by atoms with van der Waals surface area (Å²) >= 11 is 9.51. The minimum Gasteiger partial charge on any atom is -0.314 e. The maximum Gasteiger partial charge on any atom is 0.0641 e. The van der Waals surface area contributed by atoms with Crippen molar-refractivity contribution in [3.8, 4) is 6.07 Å². The van der Waals surface area contributed by atoms with Crippen molar-refractivity contribution in [2.45, 2.75) is 12.5 Å². The highest BCUT2D eigenvalue weighted by molar-refractivity contribution is 9.10. The number of nitrogens with one attached hydrogen (secondary N) is 1. The molecule has 0 amide bonds. The topological polar surface area (TPSA) is 39.1 Å². The van der Waals surface area contributed by atoms with Crippen LogP contribution in [0.15, 0.2) is 22.7 Å². The van der Waals surface area contributed by atoms with Crippen molar-refractivity contribution >= 4 is 52.3 Å². The van der Waals surface area contributed by atoms with E-state index < -0.39 is 0 Å². The first-order valence-corrected chi connectivity index (χ1v) is 7.16. The second-order valence-corrected chi connectivity index (χ2v) is 5.62. The molecule has 1 saturated heterocycles. The van der Waals surface area contributed by atoms with E-state index in [2.05, 4.69) is 32.2 Å². The van der Waals surface area contributed by atoms with Gasteiger partial charge < -0.3 is 5.32 Å². The Morgan fingerprint density at radius 3 is 2.55 bits per heavy atom. The predicted octanol–water partition coefficient (Wildman–Crippen LogP) is 3.81. The number of nitrogens with zero attached hydrogens (tertiary/aromatic N) is 2. The van der Waals surface area contributed by atoms with Gasteiger partial charge >= 0.3 is 0 Å². The van der Waals surface area contributed by atoms with Crippen LogP contribution < -0.4 is 5.32 Å². The number of hydrogen-bond acceptors (Lipinski definition) is 3. The van der Waals surface area contributed by atoms with Gasteiger partial charge in [-0.2, -0.15) is 5.26 Å². The van der Waals surface area contributed by atoms with E-state index in [0.29, 0.717) is 11.4 Å². The van der Waals surface area contributed by atoms with Crippen LogP contribution in [0.4, 0.5) is 0 Å². The summed E-state index contributed by atoms with van der Waals surface area (Å²) in [5, 5.41) is 13.1. The average Bonchev–Trinajstić information content (AvgIpc) is 2.38. The molecule has 1 atom stereocenters. The van der Waals surface area contributed by atoms with Crippen LogP contribution >= 0.6 is 52.3 Å². The van der Waals surface area contributed by atoms with Crippen molar-refractivity contribution in [3.05, 3.63) is 33.3 Å². The quantitative estimate of drug-likeness (QED) is 0.837. The normalized spacial score (nSPS) is 16.4. The summed E-state index contributed by atoms with van der Waals surface area (Å²) in [6.07, 6.45) is 0.500. The zero-order valence-electron chi connectivity index (χ0n) is 10.8. The van der Waals surface area contributed by atoms with Crippen LogP contribution in [-0.4, -0.2) is 31.1 Å². The second kappa shape index (κ2) is 9.83. The molecule has 20 heavy (non-hydrogen) atoms. The first kappa shape index (κ1) is 20.0. The third-order valence-electron chi connectivity index (χ3n) is 3.20. The van der Waals surface area contributed by atoms with Gasteiger partial charge in [0.25, 0.3) is 0 Å². The Morgan fingerprint density at radius 1 is 1.35 bits per heavy atom. The molecule has 1 aromatic carbocycles. The van der Waals surface area contributed by atoms with Gasteiger partial charge in [0, 0.05) is 41.7 Å². The molecule has 0 radical (unpaired) electrons. The maximum absolute atomic E-state index is 9.04. The van der Waals surface area contributed by atoms with E-state index in [-0.39, 0.29) is 30.9 Å². The van der Waals surface area contributed by atoms with Crippen LogP contribution in [-0.2, 0) is 0 Å². The fourth-order valence-corrected chi connectivity index (χ4v) is 3.23. The molecular formula is C13H17BrCl3N3. The van der Waals surface area contributed by atoms with Crippen molar-refractivity contribution in [2.24, 2.45) is 0 Å². The van der Waals surface area contributed by atoms with E-state index in [1.165, 1.54) is 0 Å². The summed E-state index contributed by atoms with van der Waals surface area (Å²) < 4.78 is 0.980. The maximum atomic E-state index is 9.04. The first-order chi connectivity index (χ1) is 8.72. The van der Waals surface area contributed by atoms with E-state index in [1.807, 2.05) is 18.2 Å². The van der Waals surface area contributed by atoms with Crippen LogP contribution in [0.5, 0.6) is 0 Å². The minimum absolute atomic E-state index is 0. The summed E-state index contributed by atoms with van der Waals surface area (Å²) in [5.74, 6) is 0. The highest BCUT2D eigenvalue weighted by Gasteiger charge is 2.23. The number of rotatable bonds is 3. The van der Waals surface area contributed by atoms with Gasteiger partial charge in [-0.25, -0.2) is 0 Å². The van der Waals surface area contributed by atoms with E-state index in [4.69, 9.17) is 16.9 Å². The SMILES string of the molecule is Cl.Cl.N#CC[C@H](c1ccc(Cl)cc1Br)N1CCNCC1. The van der Waals surface area contributed by atoms with E-state index in [0.717, 1.165) is 36.2 Å². The van der Waals surface area contributed by atoms with Crippen LogP contribution in [0, 0.1) is 11.3 Å². The fourth-order valence-electron chi connectivity index (χ4n) is 2.29. The molecule has 0 aromatic heterocycles. The zero-order chi connectivity index (χ0) is 13.0. The highest BCUT2D eigenvalue weighted by atomic mass is 79.9. The molecule has 7 heteroatoms. The van der Waals surface area contributed by atoms with Crippen LogP contribution in [0.1, 0.15) is 18.0 Å².